The van der Waals surface area contributed by atoms with E-state index in [1.165, 1.54) is 70.6 Å². The van der Waals surface area contributed by atoms with E-state index >= 15 is 0 Å². The fraction of sp³-hybridized carbons (Fsp3) is 1.00. The van der Waals surface area contributed by atoms with Gasteiger partial charge in [0.05, 0.1) is 5.60 Å². The number of rotatable bonds is 8. The van der Waals surface area contributed by atoms with Gasteiger partial charge in [-0.05, 0) is 55.8 Å². The topological polar surface area (TPSA) is 20.2 Å². The lowest BCUT2D eigenvalue weighted by Crippen LogP contribution is -2.41. The minimum Gasteiger partial charge on any atom is -0.390 e. The zero-order chi connectivity index (χ0) is 14.0. The third kappa shape index (κ3) is 2.80. The molecule has 116 valence electrons. The highest BCUT2D eigenvalue weighted by atomic mass is 16.3. The molecular formula is C19H34O. The Kier molecular flexibility index (Phi) is 4.75. The van der Waals surface area contributed by atoms with E-state index < -0.39 is 0 Å². The fourth-order valence-corrected chi connectivity index (χ4v) is 5.91. The van der Waals surface area contributed by atoms with Crippen LogP contribution in [0.4, 0.5) is 0 Å². The Morgan fingerprint density at radius 3 is 2.45 bits per heavy atom. The van der Waals surface area contributed by atoms with E-state index in [1.54, 1.807) is 0 Å². The molecule has 1 heteroatoms. The molecule has 5 unspecified atom stereocenters. The highest BCUT2D eigenvalue weighted by molar-refractivity contribution is 5.09. The van der Waals surface area contributed by atoms with E-state index in [0.717, 1.165) is 30.6 Å². The molecule has 0 saturated heterocycles. The Balaban J connectivity index is 1.38. The van der Waals surface area contributed by atoms with E-state index in [-0.39, 0.29) is 5.60 Å². The van der Waals surface area contributed by atoms with Gasteiger partial charge in [-0.15, -0.1) is 0 Å². The maximum absolute atomic E-state index is 11.1. The van der Waals surface area contributed by atoms with Crippen molar-refractivity contribution in [2.75, 3.05) is 0 Å². The van der Waals surface area contributed by atoms with Crippen LogP contribution in [-0.4, -0.2) is 10.7 Å². The molecule has 0 aromatic heterocycles. The predicted octanol–water partition coefficient (Wildman–Crippen LogP) is 5.31. The summed E-state index contributed by atoms with van der Waals surface area (Å²) in [6.45, 7) is 2.28. The Morgan fingerprint density at radius 2 is 1.65 bits per heavy atom. The van der Waals surface area contributed by atoms with Gasteiger partial charge in [0, 0.05) is 0 Å². The first-order chi connectivity index (χ1) is 9.74. The molecular weight excluding hydrogens is 244 g/mol. The van der Waals surface area contributed by atoms with Gasteiger partial charge in [0.1, 0.15) is 0 Å². The summed E-state index contributed by atoms with van der Waals surface area (Å²) in [5, 5.41) is 11.1. The van der Waals surface area contributed by atoms with E-state index in [4.69, 9.17) is 0 Å². The molecule has 20 heavy (non-hydrogen) atoms. The van der Waals surface area contributed by atoms with E-state index in [0.29, 0.717) is 5.92 Å². The molecule has 3 aliphatic carbocycles. The van der Waals surface area contributed by atoms with Gasteiger partial charge in [-0.25, -0.2) is 0 Å². The van der Waals surface area contributed by atoms with Crippen LogP contribution in [0.3, 0.4) is 0 Å². The molecule has 1 nitrogen and oxygen atoms in total. The largest absolute Gasteiger partial charge is 0.390 e. The van der Waals surface area contributed by atoms with Gasteiger partial charge in [-0.2, -0.15) is 0 Å². The van der Waals surface area contributed by atoms with Crippen LogP contribution in [0.25, 0.3) is 0 Å². The normalized spacial score (nSPS) is 42.3. The van der Waals surface area contributed by atoms with Crippen molar-refractivity contribution in [1.29, 1.82) is 0 Å². The summed E-state index contributed by atoms with van der Waals surface area (Å²) in [5.41, 5.74) is -0.250. The number of hydrogen-bond donors (Lipinski definition) is 1. The van der Waals surface area contributed by atoms with Crippen LogP contribution in [0.1, 0.15) is 90.4 Å². The van der Waals surface area contributed by atoms with Crippen LogP contribution < -0.4 is 0 Å². The standard InChI is InChI=1S/C19H34O/c1-2-3-4-5-6-7-8-12-19(20)14-15-13-18(19)17-11-9-10-16(15)17/h15-18,20H,2-14H2,1H3. The first-order valence-electron chi connectivity index (χ1n) is 9.47. The maximum atomic E-state index is 11.1. The monoisotopic (exact) mass is 278 g/mol. The minimum atomic E-state index is -0.250. The van der Waals surface area contributed by atoms with Crippen molar-refractivity contribution in [2.24, 2.45) is 23.7 Å². The maximum Gasteiger partial charge on any atom is 0.0681 e. The number of aliphatic hydroxyl groups is 1. The molecule has 0 aromatic carbocycles. The van der Waals surface area contributed by atoms with Crippen molar-refractivity contribution in [3.8, 4) is 0 Å². The molecule has 1 N–H and O–H groups in total. The molecule has 0 radical (unpaired) electrons. The Labute approximate surface area is 125 Å². The molecule has 3 fully saturated rings. The Bertz CT molecular complexity index is 313. The first kappa shape index (κ1) is 14.9. The summed E-state index contributed by atoms with van der Waals surface area (Å²) in [6.07, 6.45) is 17.5. The molecule has 2 bridgehead atoms. The van der Waals surface area contributed by atoms with Gasteiger partial charge in [-0.3, -0.25) is 0 Å². The molecule has 5 atom stereocenters. The predicted molar refractivity (Wildman–Crippen MR) is 84.6 cm³/mol. The quantitative estimate of drug-likeness (QED) is 0.596. The second-order valence-electron chi connectivity index (χ2n) is 8.04. The van der Waals surface area contributed by atoms with E-state index in [9.17, 15) is 5.11 Å². The molecule has 0 spiro atoms. The summed E-state index contributed by atoms with van der Waals surface area (Å²) >= 11 is 0. The van der Waals surface area contributed by atoms with Gasteiger partial charge in [0.15, 0.2) is 0 Å². The van der Waals surface area contributed by atoms with Gasteiger partial charge in [0.2, 0.25) is 0 Å². The van der Waals surface area contributed by atoms with Crippen molar-refractivity contribution in [3.63, 3.8) is 0 Å². The highest BCUT2D eigenvalue weighted by Crippen LogP contribution is 2.63. The number of hydrogen-bond acceptors (Lipinski definition) is 1. The SMILES string of the molecule is CCCCCCCCCC1(O)CC2CC1C1CCCC21. The minimum absolute atomic E-state index is 0.250. The fourth-order valence-electron chi connectivity index (χ4n) is 5.91. The van der Waals surface area contributed by atoms with Gasteiger partial charge < -0.3 is 5.11 Å². The third-order valence-electron chi connectivity index (χ3n) is 6.82. The van der Waals surface area contributed by atoms with Crippen molar-refractivity contribution in [1.82, 2.24) is 0 Å². The van der Waals surface area contributed by atoms with Gasteiger partial charge in [0.25, 0.3) is 0 Å². The molecule has 3 rings (SSSR count). The molecule has 0 heterocycles. The lowest BCUT2D eigenvalue weighted by molar-refractivity contribution is -0.0535. The smallest absolute Gasteiger partial charge is 0.0681 e. The van der Waals surface area contributed by atoms with E-state index in [1.807, 2.05) is 0 Å². The number of fused-ring (bicyclic) bond motifs is 5. The number of unbranched alkanes of at least 4 members (excludes halogenated alkanes) is 6. The average Bonchev–Trinajstić information content (AvgIpc) is 3.08. The van der Waals surface area contributed by atoms with Crippen LogP contribution in [0.15, 0.2) is 0 Å². The second-order valence-corrected chi connectivity index (χ2v) is 8.04. The van der Waals surface area contributed by atoms with Crippen molar-refractivity contribution in [3.05, 3.63) is 0 Å². The molecule has 0 aliphatic heterocycles. The first-order valence-corrected chi connectivity index (χ1v) is 9.47. The summed E-state index contributed by atoms with van der Waals surface area (Å²) in [5.74, 6) is 3.49. The van der Waals surface area contributed by atoms with Crippen molar-refractivity contribution < 1.29 is 5.11 Å². The van der Waals surface area contributed by atoms with Gasteiger partial charge >= 0.3 is 0 Å². The molecule has 3 aliphatic rings. The average molecular weight is 278 g/mol. The van der Waals surface area contributed by atoms with Crippen molar-refractivity contribution in [2.45, 2.75) is 96.0 Å². The summed E-state index contributed by atoms with van der Waals surface area (Å²) < 4.78 is 0. The summed E-state index contributed by atoms with van der Waals surface area (Å²) in [7, 11) is 0. The van der Waals surface area contributed by atoms with Crippen LogP contribution in [0.2, 0.25) is 0 Å². The second kappa shape index (κ2) is 6.38. The third-order valence-corrected chi connectivity index (χ3v) is 6.82. The zero-order valence-electron chi connectivity index (χ0n) is 13.4. The highest BCUT2D eigenvalue weighted by Gasteiger charge is 2.59. The molecule has 3 saturated carbocycles. The van der Waals surface area contributed by atoms with Crippen LogP contribution in [0, 0.1) is 23.7 Å². The van der Waals surface area contributed by atoms with Crippen molar-refractivity contribution >= 4 is 0 Å². The molecule has 0 aromatic rings. The lowest BCUT2D eigenvalue weighted by Gasteiger charge is -2.39. The Hall–Kier alpha value is -0.0400. The van der Waals surface area contributed by atoms with E-state index in [2.05, 4.69) is 6.92 Å². The summed E-state index contributed by atoms with van der Waals surface area (Å²) in [4.78, 5) is 0. The Morgan fingerprint density at radius 1 is 0.950 bits per heavy atom. The van der Waals surface area contributed by atoms with Crippen LogP contribution >= 0.6 is 0 Å². The zero-order valence-corrected chi connectivity index (χ0v) is 13.4. The van der Waals surface area contributed by atoms with Crippen LogP contribution in [0.5, 0.6) is 0 Å². The molecule has 0 amide bonds. The van der Waals surface area contributed by atoms with Gasteiger partial charge in [-0.1, -0.05) is 58.3 Å². The summed E-state index contributed by atoms with van der Waals surface area (Å²) in [6, 6.07) is 0. The lowest BCUT2D eigenvalue weighted by atomic mass is 9.71. The van der Waals surface area contributed by atoms with Crippen LogP contribution in [-0.2, 0) is 0 Å².